The van der Waals surface area contributed by atoms with Crippen molar-refractivity contribution in [2.45, 2.75) is 63.9 Å². The standard InChI is InChI=1S/C22H24N2O5/c1-13-19(22(26)29-16-8-2-3-9-16)20(14-6-4-7-15(12-14)24(27)28)21-17(23-13)10-5-11-18(21)25/h4,6-7,12,16,20,23H,2-3,5,8-11H2,1H3/t20-/m0/s1. The number of hydrogen-bond donors (Lipinski definition) is 1. The fraction of sp³-hybridized carbons (Fsp3) is 0.455. The molecule has 0 spiro atoms. The van der Waals surface area contributed by atoms with Crippen LogP contribution < -0.4 is 5.32 Å². The fourth-order valence-corrected chi connectivity index (χ4v) is 4.63. The molecule has 4 rings (SSSR count). The maximum absolute atomic E-state index is 13.2. The molecule has 1 aromatic carbocycles. The van der Waals surface area contributed by atoms with Crippen LogP contribution in [0.1, 0.15) is 63.4 Å². The van der Waals surface area contributed by atoms with Gasteiger partial charge in [0.15, 0.2) is 5.78 Å². The molecule has 7 heteroatoms. The zero-order valence-corrected chi connectivity index (χ0v) is 16.4. The van der Waals surface area contributed by atoms with Crippen LogP contribution in [-0.2, 0) is 14.3 Å². The number of benzene rings is 1. The summed E-state index contributed by atoms with van der Waals surface area (Å²) < 4.78 is 5.76. The predicted molar refractivity (Wildman–Crippen MR) is 106 cm³/mol. The summed E-state index contributed by atoms with van der Waals surface area (Å²) in [5.41, 5.74) is 2.89. The van der Waals surface area contributed by atoms with Gasteiger partial charge in [0, 0.05) is 41.4 Å². The summed E-state index contributed by atoms with van der Waals surface area (Å²) in [7, 11) is 0. The van der Waals surface area contributed by atoms with E-state index in [0.29, 0.717) is 28.8 Å². The van der Waals surface area contributed by atoms with Crippen molar-refractivity contribution < 1.29 is 19.2 Å². The van der Waals surface area contributed by atoms with E-state index in [1.807, 2.05) is 0 Å². The Hall–Kier alpha value is -2.96. The van der Waals surface area contributed by atoms with Crippen molar-refractivity contribution in [3.8, 4) is 0 Å². The average molecular weight is 396 g/mol. The van der Waals surface area contributed by atoms with Crippen molar-refractivity contribution in [1.82, 2.24) is 5.32 Å². The molecule has 0 radical (unpaired) electrons. The van der Waals surface area contributed by atoms with Crippen molar-refractivity contribution in [1.29, 1.82) is 0 Å². The summed E-state index contributed by atoms with van der Waals surface area (Å²) in [6, 6.07) is 6.21. The zero-order chi connectivity index (χ0) is 20.5. The number of nitro groups is 1. The SMILES string of the molecule is CC1=C(C(=O)OC2CCCC2)[C@H](c2cccc([N+](=O)[O-])c2)C2=C(CCCC2=O)N1. The highest BCUT2D eigenvalue weighted by Crippen LogP contribution is 2.43. The minimum atomic E-state index is -0.646. The molecule has 0 saturated heterocycles. The van der Waals surface area contributed by atoms with E-state index in [-0.39, 0.29) is 17.6 Å². The minimum absolute atomic E-state index is 0.0195. The third-order valence-electron chi connectivity index (χ3n) is 5.99. The molecular formula is C22H24N2O5. The number of nitro benzene ring substituents is 1. The lowest BCUT2D eigenvalue weighted by atomic mass is 9.75. The van der Waals surface area contributed by atoms with Crippen LogP contribution in [0.4, 0.5) is 5.69 Å². The van der Waals surface area contributed by atoms with Gasteiger partial charge in [0.2, 0.25) is 0 Å². The number of dihydropyridines is 1. The average Bonchev–Trinajstić information content (AvgIpc) is 3.20. The molecule has 152 valence electrons. The number of allylic oxidation sites excluding steroid dienone is 3. The lowest BCUT2D eigenvalue weighted by Crippen LogP contribution is -2.35. The number of nitrogens with zero attached hydrogens (tertiary/aromatic N) is 1. The van der Waals surface area contributed by atoms with Crippen molar-refractivity contribution in [2.75, 3.05) is 0 Å². The quantitative estimate of drug-likeness (QED) is 0.468. The first kappa shape index (κ1) is 19.4. The Morgan fingerprint density at radius 3 is 2.69 bits per heavy atom. The Balaban J connectivity index is 1.79. The van der Waals surface area contributed by atoms with Gasteiger partial charge in [-0.15, -0.1) is 0 Å². The number of Topliss-reactive ketones (excluding diaryl/α,β-unsaturated/α-hetero) is 1. The van der Waals surface area contributed by atoms with Gasteiger partial charge >= 0.3 is 5.97 Å². The van der Waals surface area contributed by atoms with E-state index < -0.39 is 16.8 Å². The first-order valence-electron chi connectivity index (χ1n) is 10.1. The van der Waals surface area contributed by atoms with E-state index in [2.05, 4.69) is 5.32 Å². The lowest BCUT2D eigenvalue weighted by Gasteiger charge is -2.34. The Labute approximate surface area is 169 Å². The van der Waals surface area contributed by atoms with Crippen LogP contribution in [0.3, 0.4) is 0 Å². The van der Waals surface area contributed by atoms with E-state index in [1.54, 1.807) is 19.1 Å². The van der Waals surface area contributed by atoms with E-state index in [0.717, 1.165) is 44.2 Å². The molecule has 1 heterocycles. The summed E-state index contributed by atoms with van der Waals surface area (Å²) in [5, 5.41) is 14.5. The Morgan fingerprint density at radius 2 is 1.97 bits per heavy atom. The highest BCUT2D eigenvalue weighted by Gasteiger charge is 2.40. The molecule has 1 atom stereocenters. The summed E-state index contributed by atoms with van der Waals surface area (Å²) in [6.07, 6.45) is 5.55. The molecule has 1 saturated carbocycles. The van der Waals surface area contributed by atoms with Gasteiger partial charge < -0.3 is 10.1 Å². The van der Waals surface area contributed by atoms with Gasteiger partial charge in [0.05, 0.1) is 10.5 Å². The van der Waals surface area contributed by atoms with E-state index in [1.165, 1.54) is 12.1 Å². The molecule has 3 aliphatic rings. The highest BCUT2D eigenvalue weighted by molar-refractivity contribution is 6.03. The molecule has 0 amide bonds. The molecule has 1 fully saturated rings. The van der Waals surface area contributed by atoms with E-state index >= 15 is 0 Å². The van der Waals surface area contributed by atoms with Gasteiger partial charge in [-0.2, -0.15) is 0 Å². The number of nitrogens with one attached hydrogen (secondary N) is 1. The number of ether oxygens (including phenoxy) is 1. The van der Waals surface area contributed by atoms with Gasteiger partial charge in [-0.25, -0.2) is 4.79 Å². The minimum Gasteiger partial charge on any atom is -0.459 e. The number of carbonyl (C=O) groups excluding carboxylic acids is 2. The van der Waals surface area contributed by atoms with Gasteiger partial charge in [-0.1, -0.05) is 12.1 Å². The molecule has 1 N–H and O–H groups in total. The predicted octanol–water partition coefficient (Wildman–Crippen LogP) is 4.05. The molecule has 0 aromatic heterocycles. The summed E-state index contributed by atoms with van der Waals surface area (Å²) >= 11 is 0. The smallest absolute Gasteiger partial charge is 0.337 e. The number of non-ortho nitro benzene ring substituents is 1. The second-order valence-electron chi connectivity index (χ2n) is 7.93. The molecule has 1 aromatic rings. The first-order chi connectivity index (χ1) is 14.0. The second-order valence-corrected chi connectivity index (χ2v) is 7.93. The van der Waals surface area contributed by atoms with Crippen LogP contribution in [0.15, 0.2) is 46.8 Å². The molecule has 0 unspecified atom stereocenters. The second kappa shape index (κ2) is 7.81. The molecule has 0 bridgehead atoms. The largest absolute Gasteiger partial charge is 0.459 e. The van der Waals surface area contributed by atoms with Crippen LogP contribution in [0.5, 0.6) is 0 Å². The van der Waals surface area contributed by atoms with Gasteiger partial charge in [0.1, 0.15) is 6.10 Å². The number of ketones is 1. The molecule has 29 heavy (non-hydrogen) atoms. The zero-order valence-electron chi connectivity index (χ0n) is 16.4. The van der Waals surface area contributed by atoms with Crippen molar-refractivity contribution >= 4 is 17.4 Å². The maximum atomic E-state index is 13.2. The van der Waals surface area contributed by atoms with Crippen molar-refractivity contribution in [2.24, 2.45) is 0 Å². The van der Waals surface area contributed by atoms with Crippen LogP contribution in [0, 0.1) is 10.1 Å². The van der Waals surface area contributed by atoms with Crippen LogP contribution >= 0.6 is 0 Å². The third-order valence-corrected chi connectivity index (χ3v) is 5.99. The number of carbonyl (C=O) groups is 2. The number of esters is 1. The first-order valence-corrected chi connectivity index (χ1v) is 10.1. The normalized spacial score (nSPS) is 22.4. The topological polar surface area (TPSA) is 98.5 Å². The Bertz CT molecular complexity index is 940. The molecular weight excluding hydrogens is 372 g/mol. The Kier molecular flexibility index (Phi) is 5.22. The van der Waals surface area contributed by atoms with E-state index in [9.17, 15) is 19.7 Å². The van der Waals surface area contributed by atoms with Gasteiger partial charge in [0.25, 0.3) is 5.69 Å². The summed E-state index contributed by atoms with van der Waals surface area (Å²) in [6.45, 7) is 1.80. The van der Waals surface area contributed by atoms with Crippen molar-refractivity contribution in [3.63, 3.8) is 0 Å². The molecule has 2 aliphatic carbocycles. The summed E-state index contributed by atoms with van der Waals surface area (Å²) in [5.74, 6) is -1.11. The number of hydrogen-bond acceptors (Lipinski definition) is 6. The summed E-state index contributed by atoms with van der Waals surface area (Å²) in [4.78, 5) is 36.8. The fourth-order valence-electron chi connectivity index (χ4n) is 4.63. The van der Waals surface area contributed by atoms with E-state index in [4.69, 9.17) is 4.74 Å². The number of rotatable bonds is 4. The van der Waals surface area contributed by atoms with Crippen LogP contribution in [0.25, 0.3) is 0 Å². The van der Waals surface area contributed by atoms with Gasteiger partial charge in [-0.05, 0) is 51.0 Å². The molecule has 1 aliphatic heterocycles. The third kappa shape index (κ3) is 3.69. The lowest BCUT2D eigenvalue weighted by molar-refractivity contribution is -0.384. The van der Waals surface area contributed by atoms with Crippen molar-refractivity contribution in [3.05, 3.63) is 62.5 Å². The maximum Gasteiger partial charge on any atom is 0.337 e. The van der Waals surface area contributed by atoms with Crippen LogP contribution in [0.2, 0.25) is 0 Å². The monoisotopic (exact) mass is 396 g/mol. The van der Waals surface area contributed by atoms with Crippen LogP contribution in [-0.4, -0.2) is 22.8 Å². The molecule has 7 nitrogen and oxygen atoms in total. The highest BCUT2D eigenvalue weighted by atomic mass is 16.6. The Morgan fingerprint density at radius 1 is 1.21 bits per heavy atom. The van der Waals surface area contributed by atoms with Gasteiger partial charge in [-0.3, -0.25) is 14.9 Å².